The van der Waals surface area contributed by atoms with Crippen molar-refractivity contribution in [2.75, 3.05) is 31.1 Å². The lowest BCUT2D eigenvalue weighted by atomic mass is 9.84. The Hall–Kier alpha value is -2.82. The summed E-state index contributed by atoms with van der Waals surface area (Å²) >= 11 is 0. The molecule has 29 heavy (non-hydrogen) atoms. The lowest BCUT2D eigenvalue weighted by Crippen LogP contribution is -2.49. The molecule has 2 fully saturated rings. The molecular formula is C24H27N2O3-. The average molecular weight is 391 g/mol. The second-order valence-corrected chi connectivity index (χ2v) is 8.04. The predicted octanol–water partition coefficient (Wildman–Crippen LogP) is 3.06. The van der Waals surface area contributed by atoms with Gasteiger partial charge in [-0.2, -0.15) is 0 Å². The topological polar surface area (TPSA) is 63.7 Å². The monoisotopic (exact) mass is 391 g/mol. The van der Waals surface area contributed by atoms with E-state index < -0.39 is 5.97 Å². The van der Waals surface area contributed by atoms with E-state index >= 15 is 0 Å². The van der Waals surface area contributed by atoms with E-state index in [2.05, 4.69) is 29.2 Å². The molecule has 5 nitrogen and oxygen atoms in total. The second kappa shape index (κ2) is 8.68. The maximum Gasteiger partial charge on any atom is 0.254 e. The molecule has 0 aromatic heterocycles. The number of hydrogen-bond donors (Lipinski definition) is 0. The minimum absolute atomic E-state index is 0.0433. The van der Waals surface area contributed by atoms with Crippen LogP contribution in [0.15, 0.2) is 48.5 Å². The zero-order chi connectivity index (χ0) is 20.2. The number of carboxylic acid groups (broad SMARTS) is 1. The molecule has 1 saturated carbocycles. The van der Waals surface area contributed by atoms with Gasteiger partial charge in [0.15, 0.2) is 0 Å². The van der Waals surface area contributed by atoms with Crippen LogP contribution >= 0.6 is 0 Å². The zero-order valence-electron chi connectivity index (χ0n) is 16.7. The lowest BCUT2D eigenvalue weighted by Gasteiger charge is -2.36. The predicted molar refractivity (Wildman–Crippen MR) is 111 cm³/mol. The number of hydrogen-bond acceptors (Lipinski definition) is 4. The third-order valence-corrected chi connectivity index (χ3v) is 6.28. The Balaban J connectivity index is 1.38. The fourth-order valence-corrected chi connectivity index (χ4v) is 4.58. The molecular weight excluding hydrogens is 364 g/mol. The van der Waals surface area contributed by atoms with Crippen molar-refractivity contribution < 1.29 is 14.7 Å². The Bertz CT molecular complexity index is 864. The third-order valence-electron chi connectivity index (χ3n) is 6.28. The van der Waals surface area contributed by atoms with E-state index in [0.29, 0.717) is 19.0 Å². The SMILES string of the molecule is O=C([O-])c1ccccc1C(=O)N1CCN(c2ccc(C3CCCCC3)cc2)CC1. The first-order valence-corrected chi connectivity index (χ1v) is 10.6. The molecule has 2 aromatic carbocycles. The van der Waals surface area contributed by atoms with E-state index in [1.165, 1.54) is 49.4 Å². The molecule has 1 saturated heterocycles. The molecule has 1 heterocycles. The Morgan fingerprint density at radius 3 is 2.03 bits per heavy atom. The van der Waals surface area contributed by atoms with Gasteiger partial charge in [-0.05, 0) is 42.5 Å². The minimum atomic E-state index is -1.31. The van der Waals surface area contributed by atoms with E-state index in [0.717, 1.165) is 13.1 Å². The van der Waals surface area contributed by atoms with Crippen molar-refractivity contribution in [2.45, 2.75) is 38.0 Å². The van der Waals surface area contributed by atoms with Gasteiger partial charge in [-0.1, -0.05) is 49.6 Å². The standard InChI is InChI=1S/C24H28N2O3/c27-23(21-8-4-5-9-22(21)24(28)29)26-16-14-25(15-17-26)20-12-10-19(11-13-20)18-6-2-1-3-7-18/h4-5,8-13,18H,1-3,6-7,14-17H2,(H,28,29)/p-1. The molecule has 0 atom stereocenters. The van der Waals surface area contributed by atoms with Gasteiger partial charge in [-0.3, -0.25) is 4.79 Å². The normalized spacial score (nSPS) is 17.9. The molecule has 0 bridgehead atoms. The van der Waals surface area contributed by atoms with Gasteiger partial charge in [0.05, 0.1) is 5.97 Å². The van der Waals surface area contributed by atoms with Crippen molar-refractivity contribution in [3.8, 4) is 0 Å². The van der Waals surface area contributed by atoms with Crippen LogP contribution in [-0.4, -0.2) is 43.0 Å². The van der Waals surface area contributed by atoms with Crippen LogP contribution in [0.1, 0.15) is 64.3 Å². The van der Waals surface area contributed by atoms with Crippen LogP contribution in [0, 0.1) is 0 Å². The first-order chi connectivity index (χ1) is 14.1. The van der Waals surface area contributed by atoms with Gasteiger partial charge in [-0.15, -0.1) is 0 Å². The van der Waals surface area contributed by atoms with Gasteiger partial charge < -0.3 is 19.7 Å². The van der Waals surface area contributed by atoms with Crippen molar-refractivity contribution in [3.05, 3.63) is 65.2 Å². The molecule has 2 aromatic rings. The molecule has 0 N–H and O–H groups in total. The summed E-state index contributed by atoms with van der Waals surface area (Å²) in [4.78, 5) is 28.1. The summed E-state index contributed by atoms with van der Waals surface area (Å²) < 4.78 is 0. The molecule has 1 aliphatic carbocycles. The van der Waals surface area contributed by atoms with Gasteiger partial charge in [-0.25, -0.2) is 0 Å². The van der Waals surface area contributed by atoms with Crippen molar-refractivity contribution in [2.24, 2.45) is 0 Å². The second-order valence-electron chi connectivity index (χ2n) is 8.04. The number of anilines is 1. The molecule has 1 aliphatic heterocycles. The summed E-state index contributed by atoms with van der Waals surface area (Å²) in [5.74, 6) is -0.848. The van der Waals surface area contributed by atoms with Crippen LogP contribution in [0.3, 0.4) is 0 Å². The quantitative estimate of drug-likeness (QED) is 0.804. The molecule has 152 valence electrons. The third kappa shape index (κ3) is 4.29. The van der Waals surface area contributed by atoms with E-state index in [1.54, 1.807) is 23.1 Å². The number of aromatic carboxylic acids is 1. The average Bonchev–Trinajstić information content (AvgIpc) is 2.79. The highest BCUT2D eigenvalue weighted by Gasteiger charge is 2.24. The van der Waals surface area contributed by atoms with Gasteiger partial charge in [0.2, 0.25) is 0 Å². The summed E-state index contributed by atoms with van der Waals surface area (Å²) in [5, 5.41) is 11.3. The Labute approximate surface area is 171 Å². The Morgan fingerprint density at radius 2 is 1.41 bits per heavy atom. The molecule has 1 amide bonds. The fourth-order valence-electron chi connectivity index (χ4n) is 4.58. The lowest BCUT2D eigenvalue weighted by molar-refractivity contribution is -0.255. The van der Waals surface area contributed by atoms with Crippen molar-refractivity contribution in [3.63, 3.8) is 0 Å². The molecule has 4 rings (SSSR count). The van der Waals surface area contributed by atoms with Crippen LogP contribution in [0.4, 0.5) is 5.69 Å². The highest BCUT2D eigenvalue weighted by Crippen LogP contribution is 2.33. The number of amides is 1. The highest BCUT2D eigenvalue weighted by molar-refractivity contribution is 6.04. The van der Waals surface area contributed by atoms with Gasteiger partial charge >= 0.3 is 0 Å². The minimum Gasteiger partial charge on any atom is -0.545 e. The van der Waals surface area contributed by atoms with E-state index in [1.807, 2.05) is 0 Å². The van der Waals surface area contributed by atoms with Gasteiger partial charge in [0, 0.05) is 43.0 Å². The highest BCUT2D eigenvalue weighted by atomic mass is 16.4. The van der Waals surface area contributed by atoms with Crippen molar-refractivity contribution >= 4 is 17.6 Å². The summed E-state index contributed by atoms with van der Waals surface area (Å²) in [6, 6.07) is 15.2. The molecule has 0 radical (unpaired) electrons. The van der Waals surface area contributed by atoms with Gasteiger partial charge in [0.25, 0.3) is 5.91 Å². The van der Waals surface area contributed by atoms with Crippen LogP contribution in [0.2, 0.25) is 0 Å². The number of carbonyl (C=O) groups is 2. The van der Waals surface area contributed by atoms with Crippen LogP contribution in [0.25, 0.3) is 0 Å². The number of benzene rings is 2. The largest absolute Gasteiger partial charge is 0.545 e. The maximum atomic E-state index is 12.8. The van der Waals surface area contributed by atoms with Crippen LogP contribution < -0.4 is 10.0 Å². The first kappa shape index (κ1) is 19.5. The van der Waals surface area contributed by atoms with Crippen molar-refractivity contribution in [1.29, 1.82) is 0 Å². The Morgan fingerprint density at radius 1 is 0.793 bits per heavy atom. The van der Waals surface area contributed by atoms with Gasteiger partial charge in [0.1, 0.15) is 0 Å². The van der Waals surface area contributed by atoms with Crippen LogP contribution in [-0.2, 0) is 0 Å². The molecule has 5 heteroatoms. The van der Waals surface area contributed by atoms with E-state index in [9.17, 15) is 14.7 Å². The van der Waals surface area contributed by atoms with Crippen LogP contribution in [0.5, 0.6) is 0 Å². The molecule has 0 unspecified atom stereocenters. The number of nitrogens with zero attached hydrogens (tertiary/aromatic N) is 2. The Kier molecular flexibility index (Phi) is 5.84. The number of piperazine rings is 1. The molecule has 0 spiro atoms. The first-order valence-electron chi connectivity index (χ1n) is 10.6. The number of rotatable bonds is 4. The summed E-state index contributed by atoms with van der Waals surface area (Å²) in [6.45, 7) is 2.62. The maximum absolute atomic E-state index is 12.8. The smallest absolute Gasteiger partial charge is 0.254 e. The molecule has 2 aliphatic rings. The fraction of sp³-hybridized carbons (Fsp3) is 0.417. The van der Waals surface area contributed by atoms with E-state index in [-0.39, 0.29) is 17.0 Å². The zero-order valence-corrected chi connectivity index (χ0v) is 16.7. The summed E-state index contributed by atoms with van der Waals surface area (Å²) in [7, 11) is 0. The summed E-state index contributed by atoms with van der Waals surface area (Å²) in [6.07, 6.45) is 6.64. The number of carbonyl (C=O) groups excluding carboxylic acids is 2. The summed E-state index contributed by atoms with van der Waals surface area (Å²) in [5.41, 5.74) is 2.80. The van der Waals surface area contributed by atoms with Crippen molar-refractivity contribution in [1.82, 2.24) is 4.90 Å². The number of carboxylic acids is 1. The van der Waals surface area contributed by atoms with E-state index in [4.69, 9.17) is 0 Å².